The number of benzene rings is 1. The van der Waals surface area contributed by atoms with Crippen molar-refractivity contribution < 1.29 is 37.0 Å². The summed E-state index contributed by atoms with van der Waals surface area (Å²) < 4.78 is 62.6. The molecule has 0 radical (unpaired) electrons. The number of carbonyl (C=O) groups excluding carboxylic acids is 2. The number of nitrogens with two attached hydrogens (primary N) is 1. The number of pyridine rings is 2. The highest BCUT2D eigenvalue weighted by Crippen LogP contribution is 2.47. The van der Waals surface area contributed by atoms with Crippen LogP contribution in [-0.2, 0) is 15.8 Å². The minimum absolute atomic E-state index is 0.0257. The SMILES string of the molecule is C[C@]1(C(N)=O)COc2c1cc(C(O)(CNC(=O)c1nc3cccnc3s1)C(F)(F)F)nc2-c1ccc(F)cc1. The van der Waals surface area contributed by atoms with E-state index in [1.165, 1.54) is 25.3 Å². The fourth-order valence-electron chi connectivity index (χ4n) is 4.09. The van der Waals surface area contributed by atoms with E-state index < -0.39 is 47.1 Å². The van der Waals surface area contributed by atoms with Crippen molar-refractivity contribution >= 4 is 33.5 Å². The van der Waals surface area contributed by atoms with Gasteiger partial charge in [-0.3, -0.25) is 9.59 Å². The Balaban J connectivity index is 1.59. The Morgan fingerprint density at radius 3 is 2.56 bits per heavy atom. The van der Waals surface area contributed by atoms with Gasteiger partial charge >= 0.3 is 6.18 Å². The summed E-state index contributed by atoms with van der Waals surface area (Å²) in [4.78, 5) is 37.6. The highest BCUT2D eigenvalue weighted by atomic mass is 32.1. The number of hydrogen-bond donors (Lipinski definition) is 3. The van der Waals surface area contributed by atoms with Gasteiger partial charge in [0.2, 0.25) is 11.5 Å². The normalized spacial score (nSPS) is 18.3. The van der Waals surface area contributed by atoms with Gasteiger partial charge in [-0.05, 0) is 49.4 Å². The van der Waals surface area contributed by atoms with Gasteiger partial charge in [0, 0.05) is 17.3 Å². The van der Waals surface area contributed by atoms with E-state index in [1.807, 2.05) is 0 Å². The van der Waals surface area contributed by atoms with E-state index in [0.29, 0.717) is 10.3 Å². The Hall–Kier alpha value is -4.17. The van der Waals surface area contributed by atoms with Crippen LogP contribution in [0.5, 0.6) is 5.75 Å². The van der Waals surface area contributed by atoms with Crippen molar-refractivity contribution in [2.75, 3.05) is 13.2 Å². The lowest BCUT2D eigenvalue weighted by atomic mass is 9.81. The molecule has 202 valence electrons. The Kier molecular flexibility index (Phi) is 6.26. The number of rotatable bonds is 6. The van der Waals surface area contributed by atoms with Gasteiger partial charge in [-0.2, -0.15) is 13.2 Å². The molecule has 39 heavy (non-hydrogen) atoms. The van der Waals surface area contributed by atoms with Crippen LogP contribution in [-0.4, -0.2) is 51.2 Å². The van der Waals surface area contributed by atoms with Crippen LogP contribution >= 0.6 is 11.3 Å². The fourth-order valence-corrected chi connectivity index (χ4v) is 4.91. The second-order valence-electron chi connectivity index (χ2n) is 9.11. The monoisotopic (exact) mass is 561 g/mol. The van der Waals surface area contributed by atoms with Crippen molar-refractivity contribution in [2.24, 2.45) is 5.73 Å². The van der Waals surface area contributed by atoms with Crippen molar-refractivity contribution in [3.05, 3.63) is 70.7 Å². The van der Waals surface area contributed by atoms with E-state index in [1.54, 1.807) is 12.1 Å². The first-order valence-electron chi connectivity index (χ1n) is 11.4. The number of primary amides is 1. The van der Waals surface area contributed by atoms with Gasteiger partial charge in [0.05, 0.1) is 12.2 Å². The van der Waals surface area contributed by atoms with E-state index in [0.717, 1.165) is 29.5 Å². The molecule has 0 saturated heterocycles. The fraction of sp³-hybridized carbons (Fsp3) is 0.240. The zero-order valence-electron chi connectivity index (χ0n) is 20.0. The van der Waals surface area contributed by atoms with Crippen molar-refractivity contribution in [3.63, 3.8) is 0 Å². The summed E-state index contributed by atoms with van der Waals surface area (Å²) in [6, 6.07) is 8.74. The molecule has 2 atom stereocenters. The van der Waals surface area contributed by atoms with Crippen molar-refractivity contribution in [2.45, 2.75) is 24.1 Å². The number of halogens is 4. The number of aromatic nitrogens is 3. The first kappa shape index (κ1) is 26.4. The molecule has 1 aliphatic rings. The van der Waals surface area contributed by atoms with Gasteiger partial charge in [0.1, 0.15) is 39.6 Å². The summed E-state index contributed by atoms with van der Waals surface area (Å²) in [5.74, 6) is -2.47. The average molecular weight is 562 g/mol. The standard InChI is InChI=1S/C25H19F4N5O4S/c1-23(22(30)36)11-38-18-14(23)9-16(34-17(18)12-4-6-13(26)7-5-12)24(37,25(27,28)29)10-32-19(35)21-33-15-3-2-8-31-20(15)39-21/h2-9,37H,10-11H2,1H3,(H2,30,36)(H,32,35)/t23-,24?/m0/s1. The minimum Gasteiger partial charge on any atom is -0.489 e. The molecular weight excluding hydrogens is 542 g/mol. The van der Waals surface area contributed by atoms with Gasteiger partial charge in [0.25, 0.3) is 5.91 Å². The molecule has 0 spiro atoms. The number of hydrogen-bond acceptors (Lipinski definition) is 8. The van der Waals surface area contributed by atoms with Crippen LogP contribution in [0.2, 0.25) is 0 Å². The predicted molar refractivity (Wildman–Crippen MR) is 131 cm³/mol. The topological polar surface area (TPSA) is 140 Å². The van der Waals surface area contributed by atoms with E-state index in [4.69, 9.17) is 10.5 Å². The second kappa shape index (κ2) is 9.24. The van der Waals surface area contributed by atoms with Crippen LogP contribution in [0.15, 0.2) is 48.7 Å². The Bertz CT molecular complexity index is 1580. The summed E-state index contributed by atoms with van der Waals surface area (Å²) in [6.45, 7) is -0.236. The molecule has 9 nitrogen and oxygen atoms in total. The summed E-state index contributed by atoms with van der Waals surface area (Å²) in [5.41, 5.74) is -0.277. The van der Waals surface area contributed by atoms with Crippen LogP contribution in [0.4, 0.5) is 17.6 Å². The van der Waals surface area contributed by atoms with E-state index in [9.17, 15) is 32.3 Å². The highest BCUT2D eigenvalue weighted by Gasteiger charge is 2.57. The molecule has 3 aromatic heterocycles. The van der Waals surface area contributed by atoms with Gasteiger partial charge in [-0.15, -0.1) is 0 Å². The number of nitrogens with one attached hydrogen (secondary N) is 1. The zero-order chi connectivity index (χ0) is 28.2. The third kappa shape index (κ3) is 4.44. The van der Waals surface area contributed by atoms with Gasteiger partial charge < -0.3 is 20.9 Å². The largest absolute Gasteiger partial charge is 0.489 e. The number of aliphatic hydroxyl groups is 1. The molecule has 0 aliphatic carbocycles. The third-order valence-corrected chi connectivity index (χ3v) is 7.47. The molecule has 1 aromatic carbocycles. The Morgan fingerprint density at radius 2 is 1.92 bits per heavy atom. The van der Waals surface area contributed by atoms with Gasteiger partial charge in [0.15, 0.2) is 5.01 Å². The molecule has 0 saturated carbocycles. The molecule has 1 unspecified atom stereocenters. The lowest BCUT2D eigenvalue weighted by Crippen LogP contribution is -2.51. The molecular formula is C25H19F4N5O4S. The average Bonchev–Trinajstić information content (AvgIpc) is 3.49. The number of fused-ring (bicyclic) bond motifs is 2. The number of amides is 2. The summed E-state index contributed by atoms with van der Waals surface area (Å²) in [6.07, 6.45) is -3.86. The van der Waals surface area contributed by atoms with Crippen molar-refractivity contribution in [1.29, 1.82) is 0 Å². The maximum Gasteiger partial charge on any atom is 0.424 e. The van der Waals surface area contributed by atoms with Crippen molar-refractivity contribution in [3.8, 4) is 17.0 Å². The molecule has 4 heterocycles. The molecule has 0 bridgehead atoms. The molecule has 1 aliphatic heterocycles. The molecule has 14 heteroatoms. The smallest absolute Gasteiger partial charge is 0.424 e. The Morgan fingerprint density at radius 1 is 1.21 bits per heavy atom. The molecule has 4 aromatic rings. The maximum absolute atomic E-state index is 14.5. The van der Waals surface area contributed by atoms with Crippen LogP contribution in [0.3, 0.4) is 0 Å². The summed E-state index contributed by atoms with van der Waals surface area (Å²) in [5, 5.41) is 13.0. The van der Waals surface area contributed by atoms with Gasteiger partial charge in [-0.25, -0.2) is 19.3 Å². The first-order chi connectivity index (χ1) is 18.3. The summed E-state index contributed by atoms with van der Waals surface area (Å²) in [7, 11) is 0. The number of thiazole rings is 1. The van der Waals surface area contributed by atoms with Crippen LogP contribution < -0.4 is 15.8 Å². The summed E-state index contributed by atoms with van der Waals surface area (Å²) >= 11 is 0.868. The van der Waals surface area contributed by atoms with E-state index in [-0.39, 0.29) is 34.2 Å². The van der Waals surface area contributed by atoms with Gasteiger partial charge in [-0.1, -0.05) is 11.3 Å². The predicted octanol–water partition coefficient (Wildman–Crippen LogP) is 3.21. The number of nitrogens with zero attached hydrogens (tertiary/aromatic N) is 3. The lowest BCUT2D eigenvalue weighted by molar-refractivity contribution is -0.265. The number of alkyl halides is 3. The van der Waals surface area contributed by atoms with Crippen molar-refractivity contribution in [1.82, 2.24) is 20.3 Å². The maximum atomic E-state index is 14.5. The molecule has 5 rings (SSSR count). The van der Waals surface area contributed by atoms with E-state index in [2.05, 4.69) is 20.3 Å². The third-order valence-electron chi connectivity index (χ3n) is 6.49. The first-order valence-corrected chi connectivity index (χ1v) is 12.2. The molecule has 0 fully saturated rings. The van der Waals surface area contributed by atoms with Crippen LogP contribution in [0, 0.1) is 5.82 Å². The Labute approximate surface area is 221 Å². The minimum atomic E-state index is -5.33. The quantitative estimate of drug-likeness (QED) is 0.307. The molecule has 4 N–H and O–H groups in total. The van der Waals surface area contributed by atoms with Crippen LogP contribution in [0.25, 0.3) is 21.6 Å². The van der Waals surface area contributed by atoms with E-state index >= 15 is 0 Å². The number of ether oxygens (including phenoxy) is 1. The number of carbonyl (C=O) groups is 2. The molecule has 2 amide bonds. The lowest BCUT2D eigenvalue weighted by Gasteiger charge is -2.31. The van der Waals surface area contributed by atoms with Crippen LogP contribution in [0.1, 0.15) is 28.0 Å². The highest BCUT2D eigenvalue weighted by molar-refractivity contribution is 7.19. The second-order valence-corrected chi connectivity index (χ2v) is 10.1. The zero-order valence-corrected chi connectivity index (χ0v) is 20.9.